The molecule has 124 valence electrons. The molecule has 24 heavy (non-hydrogen) atoms. The van der Waals surface area contributed by atoms with E-state index in [9.17, 15) is 9.18 Å². The van der Waals surface area contributed by atoms with Crippen LogP contribution in [0.4, 0.5) is 14.7 Å². The average molecular weight is 381 g/mol. The molecule has 1 amide bonds. The van der Waals surface area contributed by atoms with Crippen molar-refractivity contribution in [3.63, 3.8) is 0 Å². The molecule has 6 nitrogen and oxygen atoms in total. The number of nitrogens with one attached hydrogen (secondary N) is 2. The number of hydrogen-bond donors (Lipinski definition) is 2. The summed E-state index contributed by atoms with van der Waals surface area (Å²) in [6.07, 6.45) is 2.35. The fourth-order valence-electron chi connectivity index (χ4n) is 1.96. The van der Waals surface area contributed by atoms with Gasteiger partial charge < -0.3 is 10.6 Å². The number of fused-ring (bicyclic) bond motifs is 1. The summed E-state index contributed by atoms with van der Waals surface area (Å²) >= 11 is 4.04. The molecule has 0 saturated heterocycles. The summed E-state index contributed by atoms with van der Waals surface area (Å²) < 4.78 is 14.6. The van der Waals surface area contributed by atoms with Crippen LogP contribution in [0.3, 0.4) is 0 Å². The number of thioether (sulfide) groups is 1. The van der Waals surface area contributed by atoms with Crippen molar-refractivity contribution in [1.82, 2.24) is 15.2 Å². The SMILES string of the molecule is O=C(CSc1nnc(NC2CC2)s1)Nc1nc2ccc(F)cc2s1. The van der Waals surface area contributed by atoms with E-state index in [0.29, 0.717) is 21.4 Å². The smallest absolute Gasteiger partial charge is 0.236 e. The zero-order valence-electron chi connectivity index (χ0n) is 12.3. The highest BCUT2D eigenvalue weighted by Crippen LogP contribution is 2.30. The topological polar surface area (TPSA) is 79.8 Å². The number of thiazole rings is 1. The maximum absolute atomic E-state index is 13.2. The van der Waals surface area contributed by atoms with Crippen LogP contribution in [0.1, 0.15) is 12.8 Å². The lowest BCUT2D eigenvalue weighted by molar-refractivity contribution is -0.113. The standard InChI is InChI=1S/C14H12FN5OS3/c15-7-1-4-9-10(5-7)23-12(17-9)18-11(21)6-22-14-20-19-13(24-14)16-8-2-3-8/h1,4-5,8H,2-3,6H2,(H,16,19)(H,17,18,21). The van der Waals surface area contributed by atoms with Crippen molar-refractivity contribution >= 4 is 60.8 Å². The highest BCUT2D eigenvalue weighted by atomic mass is 32.2. The lowest BCUT2D eigenvalue weighted by Crippen LogP contribution is -2.13. The Morgan fingerprint density at radius 2 is 2.17 bits per heavy atom. The van der Waals surface area contributed by atoms with Crippen LogP contribution in [-0.2, 0) is 4.79 Å². The number of anilines is 2. The van der Waals surface area contributed by atoms with Crippen LogP contribution in [0.5, 0.6) is 0 Å². The Kier molecular flexibility index (Phi) is 4.33. The fourth-order valence-corrected chi connectivity index (χ4v) is 4.50. The molecule has 0 spiro atoms. The Bertz CT molecular complexity index is 892. The molecule has 0 atom stereocenters. The molecule has 0 bridgehead atoms. The van der Waals surface area contributed by atoms with Gasteiger partial charge in [0.1, 0.15) is 5.82 Å². The Morgan fingerprint density at radius 1 is 1.29 bits per heavy atom. The Balaban J connectivity index is 1.32. The minimum Gasteiger partial charge on any atom is -0.357 e. The van der Waals surface area contributed by atoms with Crippen molar-refractivity contribution in [3.8, 4) is 0 Å². The van der Waals surface area contributed by atoms with Crippen molar-refractivity contribution in [1.29, 1.82) is 0 Å². The van der Waals surface area contributed by atoms with Crippen LogP contribution in [-0.4, -0.2) is 32.9 Å². The molecule has 1 aliphatic rings. The van der Waals surface area contributed by atoms with Crippen molar-refractivity contribution < 1.29 is 9.18 Å². The summed E-state index contributed by atoms with van der Waals surface area (Å²) in [6, 6.07) is 4.89. The van der Waals surface area contributed by atoms with E-state index >= 15 is 0 Å². The molecule has 1 aliphatic carbocycles. The van der Waals surface area contributed by atoms with Gasteiger partial charge in [0.2, 0.25) is 11.0 Å². The van der Waals surface area contributed by atoms with E-state index in [0.717, 1.165) is 9.47 Å². The lowest BCUT2D eigenvalue weighted by atomic mass is 10.3. The first-order valence-electron chi connectivity index (χ1n) is 7.24. The number of halogens is 1. The van der Waals surface area contributed by atoms with Crippen molar-refractivity contribution in [3.05, 3.63) is 24.0 Å². The molecule has 4 rings (SSSR count). The molecule has 2 aromatic heterocycles. The van der Waals surface area contributed by atoms with E-state index < -0.39 is 0 Å². The highest BCUT2D eigenvalue weighted by molar-refractivity contribution is 8.01. The number of hydrogen-bond acceptors (Lipinski definition) is 8. The molecule has 1 saturated carbocycles. The molecule has 2 heterocycles. The molecule has 0 aliphatic heterocycles. The minimum absolute atomic E-state index is 0.175. The summed E-state index contributed by atoms with van der Waals surface area (Å²) in [5.41, 5.74) is 0.671. The Labute approximate surface area is 148 Å². The van der Waals surface area contributed by atoms with E-state index in [4.69, 9.17) is 0 Å². The van der Waals surface area contributed by atoms with Crippen molar-refractivity contribution in [2.24, 2.45) is 0 Å². The predicted molar refractivity (Wildman–Crippen MR) is 95.5 cm³/mol. The molecule has 10 heteroatoms. The molecular formula is C14H12FN5OS3. The molecule has 3 aromatic rings. The van der Waals surface area contributed by atoms with E-state index in [1.165, 1.54) is 59.4 Å². The summed E-state index contributed by atoms with van der Waals surface area (Å²) in [5.74, 6) is -0.264. The second kappa shape index (κ2) is 6.61. The molecule has 1 fully saturated rings. The van der Waals surface area contributed by atoms with Crippen LogP contribution < -0.4 is 10.6 Å². The summed E-state index contributed by atoms with van der Waals surface area (Å²) in [7, 11) is 0. The van der Waals surface area contributed by atoms with E-state index in [-0.39, 0.29) is 17.5 Å². The Morgan fingerprint density at radius 3 is 3.00 bits per heavy atom. The van der Waals surface area contributed by atoms with Gasteiger partial charge in [-0.3, -0.25) is 4.79 Å². The first-order valence-corrected chi connectivity index (χ1v) is 9.86. The first kappa shape index (κ1) is 15.7. The second-order valence-corrected chi connectivity index (χ2v) is 8.49. The predicted octanol–water partition coefficient (Wildman–Crippen LogP) is 3.59. The summed E-state index contributed by atoms with van der Waals surface area (Å²) in [4.78, 5) is 16.3. The van der Waals surface area contributed by atoms with Crippen LogP contribution in [0, 0.1) is 5.82 Å². The third-order valence-electron chi connectivity index (χ3n) is 3.23. The monoisotopic (exact) mass is 381 g/mol. The van der Waals surface area contributed by atoms with Gasteiger partial charge in [-0.05, 0) is 31.0 Å². The second-order valence-electron chi connectivity index (χ2n) is 5.26. The van der Waals surface area contributed by atoms with Gasteiger partial charge in [0.15, 0.2) is 9.47 Å². The number of amides is 1. The molecule has 0 radical (unpaired) electrons. The fraction of sp³-hybridized carbons (Fsp3) is 0.286. The third kappa shape index (κ3) is 3.82. The maximum Gasteiger partial charge on any atom is 0.236 e. The highest BCUT2D eigenvalue weighted by Gasteiger charge is 2.22. The van der Waals surface area contributed by atoms with Gasteiger partial charge in [0.05, 0.1) is 16.0 Å². The normalized spacial score (nSPS) is 14.0. The van der Waals surface area contributed by atoms with Gasteiger partial charge in [0.25, 0.3) is 0 Å². The summed E-state index contributed by atoms with van der Waals surface area (Å²) in [6.45, 7) is 0. The molecule has 2 N–H and O–H groups in total. The van der Waals surface area contributed by atoms with E-state index in [2.05, 4.69) is 25.8 Å². The number of nitrogens with zero attached hydrogens (tertiary/aromatic N) is 3. The maximum atomic E-state index is 13.2. The summed E-state index contributed by atoms with van der Waals surface area (Å²) in [5, 5.41) is 15.4. The number of aromatic nitrogens is 3. The Hall–Kier alpha value is -1.78. The lowest BCUT2D eigenvalue weighted by Gasteiger charge is -1.98. The van der Waals surface area contributed by atoms with Gasteiger partial charge >= 0.3 is 0 Å². The molecular weight excluding hydrogens is 369 g/mol. The van der Waals surface area contributed by atoms with Crippen molar-refractivity contribution in [2.45, 2.75) is 23.2 Å². The zero-order chi connectivity index (χ0) is 16.5. The average Bonchev–Trinajstić information content (AvgIpc) is 3.10. The van der Waals surface area contributed by atoms with Crippen LogP contribution in [0.15, 0.2) is 22.5 Å². The van der Waals surface area contributed by atoms with Gasteiger partial charge in [-0.1, -0.05) is 34.4 Å². The van der Waals surface area contributed by atoms with Crippen molar-refractivity contribution in [2.75, 3.05) is 16.4 Å². The van der Waals surface area contributed by atoms with E-state index in [1.807, 2.05) is 0 Å². The number of benzene rings is 1. The van der Waals surface area contributed by atoms with Crippen LogP contribution in [0.25, 0.3) is 10.2 Å². The number of rotatable bonds is 6. The van der Waals surface area contributed by atoms with Gasteiger partial charge in [-0.15, -0.1) is 10.2 Å². The van der Waals surface area contributed by atoms with E-state index in [1.54, 1.807) is 6.07 Å². The quantitative estimate of drug-likeness (QED) is 0.635. The zero-order valence-corrected chi connectivity index (χ0v) is 14.7. The number of carbonyl (C=O) groups excluding carboxylic acids is 1. The third-order valence-corrected chi connectivity index (χ3v) is 6.16. The minimum atomic E-state index is -0.313. The first-order chi connectivity index (χ1) is 11.7. The van der Waals surface area contributed by atoms with Gasteiger partial charge in [-0.25, -0.2) is 9.37 Å². The largest absolute Gasteiger partial charge is 0.357 e. The number of carbonyl (C=O) groups is 1. The van der Waals surface area contributed by atoms with Gasteiger partial charge in [0, 0.05) is 6.04 Å². The van der Waals surface area contributed by atoms with Crippen LogP contribution in [0.2, 0.25) is 0 Å². The van der Waals surface area contributed by atoms with Gasteiger partial charge in [-0.2, -0.15) is 0 Å². The molecule has 0 unspecified atom stereocenters. The van der Waals surface area contributed by atoms with Crippen LogP contribution >= 0.6 is 34.4 Å². The molecule has 1 aromatic carbocycles.